The van der Waals surface area contributed by atoms with Crippen LogP contribution in [0.3, 0.4) is 0 Å². The maximum atomic E-state index is 9.73. The zero-order valence-corrected chi connectivity index (χ0v) is 10.4. The van der Waals surface area contributed by atoms with Crippen LogP contribution in [-0.2, 0) is 4.74 Å². The van der Waals surface area contributed by atoms with Gasteiger partial charge in [0.15, 0.2) is 0 Å². The molecule has 0 radical (unpaired) electrons. The van der Waals surface area contributed by atoms with E-state index in [-0.39, 0.29) is 12.8 Å². The number of rotatable bonds is 3. The first-order chi connectivity index (χ1) is 9.28. The lowest BCUT2D eigenvalue weighted by Crippen LogP contribution is -2.24. The van der Waals surface area contributed by atoms with Gasteiger partial charge in [0.2, 0.25) is 0 Å². The number of hydrogen-bond acceptors (Lipinski definition) is 4. The molecule has 2 aromatic rings. The first kappa shape index (κ1) is 12.3. The lowest BCUT2D eigenvalue weighted by molar-refractivity contribution is -0.0443. The summed E-state index contributed by atoms with van der Waals surface area (Å²) in [6.07, 6.45) is 2.66. The van der Waals surface area contributed by atoms with Crippen molar-refractivity contribution in [2.75, 3.05) is 6.61 Å². The molecule has 100 valence electrons. The molecule has 0 unspecified atom stereocenters. The van der Waals surface area contributed by atoms with E-state index in [0.717, 1.165) is 11.3 Å². The van der Waals surface area contributed by atoms with Crippen LogP contribution < -0.4 is 0 Å². The van der Waals surface area contributed by atoms with Gasteiger partial charge in [0, 0.05) is 18.2 Å². The quantitative estimate of drug-likeness (QED) is 0.870. The normalized spacial score (nSPS) is 26.7. The maximum Gasteiger partial charge on any atom is 0.137 e. The van der Waals surface area contributed by atoms with Gasteiger partial charge >= 0.3 is 0 Å². The van der Waals surface area contributed by atoms with Gasteiger partial charge < -0.3 is 19.5 Å². The number of ether oxygens (including phenoxy) is 1. The van der Waals surface area contributed by atoms with E-state index in [0.29, 0.717) is 6.42 Å². The van der Waals surface area contributed by atoms with E-state index in [1.165, 1.54) is 0 Å². The Kier molecular flexibility index (Phi) is 3.33. The zero-order valence-electron chi connectivity index (χ0n) is 10.4. The van der Waals surface area contributed by atoms with Crippen molar-refractivity contribution in [2.24, 2.45) is 0 Å². The van der Waals surface area contributed by atoms with Crippen molar-refractivity contribution in [3.8, 4) is 11.3 Å². The van der Waals surface area contributed by atoms with Gasteiger partial charge in [0.25, 0.3) is 0 Å². The summed E-state index contributed by atoms with van der Waals surface area (Å²) in [4.78, 5) is 4.35. The van der Waals surface area contributed by atoms with E-state index < -0.39 is 12.2 Å². The van der Waals surface area contributed by atoms with Crippen molar-refractivity contribution >= 4 is 0 Å². The third kappa shape index (κ3) is 2.40. The van der Waals surface area contributed by atoms with Crippen LogP contribution in [0.2, 0.25) is 0 Å². The lowest BCUT2D eigenvalue weighted by Gasteiger charge is -2.12. The average Bonchev–Trinajstić information content (AvgIpc) is 3.06. The highest BCUT2D eigenvalue weighted by molar-refractivity contribution is 5.57. The molecular weight excluding hydrogens is 244 g/mol. The van der Waals surface area contributed by atoms with Gasteiger partial charge in [-0.15, -0.1) is 0 Å². The molecular formula is C14H16N2O3. The molecule has 0 saturated carbocycles. The minimum atomic E-state index is -0.627. The number of nitrogens with zero attached hydrogens (tertiary/aromatic N) is 2. The number of aliphatic hydroxyl groups is 2. The second-order valence-corrected chi connectivity index (χ2v) is 4.69. The molecule has 1 aromatic heterocycles. The highest BCUT2D eigenvalue weighted by atomic mass is 16.5. The SMILES string of the molecule is OC[C@H]1O[C@@H](n2cnc(-c3ccccc3)c2)C[C@@H]1O. The predicted molar refractivity (Wildman–Crippen MR) is 69.3 cm³/mol. The van der Waals surface area contributed by atoms with E-state index in [4.69, 9.17) is 9.84 Å². The van der Waals surface area contributed by atoms with Crippen molar-refractivity contribution in [2.45, 2.75) is 24.9 Å². The van der Waals surface area contributed by atoms with Gasteiger partial charge in [0.1, 0.15) is 12.3 Å². The molecule has 0 amide bonds. The van der Waals surface area contributed by atoms with Crippen molar-refractivity contribution in [1.82, 2.24) is 9.55 Å². The number of aromatic nitrogens is 2. The first-order valence-corrected chi connectivity index (χ1v) is 6.31. The van der Waals surface area contributed by atoms with Crippen LogP contribution in [0.15, 0.2) is 42.9 Å². The van der Waals surface area contributed by atoms with Crippen molar-refractivity contribution in [1.29, 1.82) is 0 Å². The average molecular weight is 260 g/mol. The Morgan fingerprint density at radius 1 is 1.32 bits per heavy atom. The molecule has 1 aromatic carbocycles. The summed E-state index contributed by atoms with van der Waals surface area (Å²) < 4.78 is 7.42. The zero-order chi connectivity index (χ0) is 13.2. The van der Waals surface area contributed by atoms with Crippen LogP contribution in [0.25, 0.3) is 11.3 Å². The first-order valence-electron chi connectivity index (χ1n) is 6.31. The lowest BCUT2D eigenvalue weighted by atomic mass is 10.2. The number of imidazole rings is 1. The van der Waals surface area contributed by atoms with Crippen LogP contribution in [0, 0.1) is 0 Å². The third-order valence-electron chi connectivity index (χ3n) is 3.39. The van der Waals surface area contributed by atoms with Gasteiger partial charge in [-0.1, -0.05) is 30.3 Å². The molecule has 0 bridgehead atoms. The Morgan fingerprint density at radius 2 is 2.11 bits per heavy atom. The number of benzene rings is 1. The summed E-state index contributed by atoms with van der Waals surface area (Å²) in [5, 5.41) is 18.8. The molecule has 2 heterocycles. The van der Waals surface area contributed by atoms with Crippen molar-refractivity contribution < 1.29 is 14.9 Å². The van der Waals surface area contributed by atoms with E-state index in [9.17, 15) is 5.11 Å². The highest BCUT2D eigenvalue weighted by Crippen LogP contribution is 2.29. The summed E-state index contributed by atoms with van der Waals surface area (Å²) in [6, 6.07) is 9.88. The molecule has 5 nitrogen and oxygen atoms in total. The van der Waals surface area contributed by atoms with Crippen LogP contribution in [0.5, 0.6) is 0 Å². The van der Waals surface area contributed by atoms with Crippen LogP contribution in [0.1, 0.15) is 12.6 Å². The minimum Gasteiger partial charge on any atom is -0.394 e. The van der Waals surface area contributed by atoms with Gasteiger partial charge in [-0.05, 0) is 0 Å². The molecule has 0 spiro atoms. The molecule has 19 heavy (non-hydrogen) atoms. The van der Waals surface area contributed by atoms with Gasteiger partial charge in [-0.2, -0.15) is 0 Å². The van der Waals surface area contributed by atoms with Gasteiger partial charge in [0.05, 0.1) is 24.7 Å². The Morgan fingerprint density at radius 3 is 2.79 bits per heavy atom. The number of aliphatic hydroxyl groups excluding tert-OH is 2. The second-order valence-electron chi connectivity index (χ2n) is 4.69. The summed E-state index contributed by atoms with van der Waals surface area (Å²) in [6.45, 7) is -0.169. The Labute approximate surface area is 111 Å². The summed E-state index contributed by atoms with van der Waals surface area (Å²) in [5.74, 6) is 0. The topological polar surface area (TPSA) is 67.5 Å². The highest BCUT2D eigenvalue weighted by Gasteiger charge is 2.34. The minimum absolute atomic E-state index is 0.169. The monoisotopic (exact) mass is 260 g/mol. The van der Waals surface area contributed by atoms with Crippen molar-refractivity contribution in [3.63, 3.8) is 0 Å². The fourth-order valence-corrected chi connectivity index (χ4v) is 2.32. The summed E-state index contributed by atoms with van der Waals surface area (Å²) in [7, 11) is 0. The third-order valence-corrected chi connectivity index (χ3v) is 3.39. The number of hydrogen-bond donors (Lipinski definition) is 2. The van der Waals surface area contributed by atoms with Gasteiger partial charge in [-0.3, -0.25) is 0 Å². The Hall–Kier alpha value is -1.69. The molecule has 1 fully saturated rings. The maximum absolute atomic E-state index is 9.73. The molecule has 5 heteroatoms. The standard InChI is InChI=1S/C14H16N2O3/c17-8-13-12(18)6-14(19-13)16-7-11(15-9-16)10-4-2-1-3-5-10/h1-5,7,9,12-14,17-18H,6,8H2/t12-,13+,14+/m0/s1. The summed E-state index contributed by atoms with van der Waals surface area (Å²) >= 11 is 0. The van der Waals surface area contributed by atoms with E-state index in [2.05, 4.69) is 4.98 Å². The Bertz CT molecular complexity index is 541. The van der Waals surface area contributed by atoms with Crippen molar-refractivity contribution in [3.05, 3.63) is 42.9 Å². The molecule has 1 aliphatic rings. The van der Waals surface area contributed by atoms with Crippen LogP contribution >= 0.6 is 0 Å². The largest absolute Gasteiger partial charge is 0.394 e. The Balaban J connectivity index is 1.79. The molecule has 1 aliphatic heterocycles. The van der Waals surface area contributed by atoms with E-state index >= 15 is 0 Å². The fraction of sp³-hybridized carbons (Fsp3) is 0.357. The smallest absolute Gasteiger partial charge is 0.137 e. The molecule has 3 rings (SSSR count). The fourth-order valence-electron chi connectivity index (χ4n) is 2.32. The predicted octanol–water partition coefficient (Wildman–Crippen LogP) is 1.19. The van der Waals surface area contributed by atoms with E-state index in [1.807, 2.05) is 41.1 Å². The molecule has 3 atom stereocenters. The molecule has 0 aliphatic carbocycles. The second kappa shape index (κ2) is 5.13. The molecule has 2 N–H and O–H groups in total. The van der Waals surface area contributed by atoms with Gasteiger partial charge in [-0.25, -0.2) is 4.98 Å². The summed E-state index contributed by atoms with van der Waals surface area (Å²) in [5.41, 5.74) is 1.91. The van der Waals surface area contributed by atoms with Crippen LogP contribution in [-0.4, -0.2) is 38.6 Å². The van der Waals surface area contributed by atoms with Crippen LogP contribution in [0.4, 0.5) is 0 Å². The molecule has 1 saturated heterocycles. The van der Waals surface area contributed by atoms with E-state index in [1.54, 1.807) is 6.33 Å².